The van der Waals surface area contributed by atoms with Crippen molar-refractivity contribution in [2.45, 2.75) is 25.5 Å². The van der Waals surface area contributed by atoms with E-state index in [1.165, 1.54) is 0 Å². The SMILES string of the molecule is CN(Cc1cccc(O)c1)C(=O)COC1CCNCC1. The van der Waals surface area contributed by atoms with Crippen molar-refractivity contribution in [1.29, 1.82) is 0 Å². The first kappa shape index (κ1) is 14.8. The quantitative estimate of drug-likeness (QED) is 0.847. The number of piperidine rings is 1. The maximum absolute atomic E-state index is 12.0. The van der Waals surface area contributed by atoms with E-state index in [-0.39, 0.29) is 24.4 Å². The zero-order valence-electron chi connectivity index (χ0n) is 11.8. The molecule has 0 saturated carbocycles. The van der Waals surface area contributed by atoms with E-state index in [1.807, 2.05) is 6.07 Å². The highest BCUT2D eigenvalue weighted by Crippen LogP contribution is 2.13. The van der Waals surface area contributed by atoms with Crippen LogP contribution in [0.5, 0.6) is 5.75 Å². The molecular formula is C15H22N2O3. The smallest absolute Gasteiger partial charge is 0.248 e. The number of carbonyl (C=O) groups is 1. The van der Waals surface area contributed by atoms with Crippen molar-refractivity contribution in [3.63, 3.8) is 0 Å². The first-order chi connectivity index (χ1) is 9.65. The molecule has 0 spiro atoms. The van der Waals surface area contributed by atoms with Crippen LogP contribution in [0.4, 0.5) is 0 Å². The van der Waals surface area contributed by atoms with Crippen LogP contribution in [0.2, 0.25) is 0 Å². The summed E-state index contributed by atoms with van der Waals surface area (Å²) in [5.74, 6) is 0.182. The van der Waals surface area contributed by atoms with Crippen LogP contribution in [0, 0.1) is 0 Å². The van der Waals surface area contributed by atoms with E-state index < -0.39 is 0 Å². The molecule has 5 heteroatoms. The molecule has 1 heterocycles. The summed E-state index contributed by atoms with van der Waals surface area (Å²) in [5.41, 5.74) is 0.905. The standard InChI is InChI=1S/C15H22N2O3/c1-17(10-12-3-2-4-13(18)9-12)15(19)11-20-14-5-7-16-8-6-14/h2-4,9,14,16,18H,5-8,10-11H2,1H3. The molecule has 1 amide bonds. The summed E-state index contributed by atoms with van der Waals surface area (Å²) in [4.78, 5) is 13.6. The molecule has 0 unspecified atom stereocenters. The molecule has 1 fully saturated rings. The van der Waals surface area contributed by atoms with Gasteiger partial charge in [0.25, 0.3) is 0 Å². The van der Waals surface area contributed by atoms with Crippen LogP contribution < -0.4 is 5.32 Å². The number of amides is 1. The molecule has 2 N–H and O–H groups in total. The van der Waals surface area contributed by atoms with Crippen molar-refractivity contribution in [3.05, 3.63) is 29.8 Å². The lowest BCUT2D eigenvalue weighted by atomic mass is 10.1. The second-order valence-electron chi connectivity index (χ2n) is 5.18. The van der Waals surface area contributed by atoms with Crippen molar-refractivity contribution in [3.8, 4) is 5.75 Å². The Labute approximate surface area is 119 Å². The molecule has 1 aliphatic rings. The minimum atomic E-state index is -0.0353. The fraction of sp³-hybridized carbons (Fsp3) is 0.533. The number of aromatic hydroxyl groups is 1. The Morgan fingerprint density at radius 1 is 1.45 bits per heavy atom. The number of nitrogens with one attached hydrogen (secondary N) is 1. The number of nitrogens with zero attached hydrogens (tertiary/aromatic N) is 1. The summed E-state index contributed by atoms with van der Waals surface area (Å²) in [6.45, 7) is 2.51. The summed E-state index contributed by atoms with van der Waals surface area (Å²) < 4.78 is 5.65. The zero-order chi connectivity index (χ0) is 14.4. The Morgan fingerprint density at radius 3 is 2.90 bits per heavy atom. The number of phenols is 1. The minimum absolute atomic E-state index is 0.0353. The molecule has 1 aliphatic heterocycles. The minimum Gasteiger partial charge on any atom is -0.508 e. The predicted molar refractivity (Wildman–Crippen MR) is 76.4 cm³/mol. The van der Waals surface area contributed by atoms with E-state index in [0.717, 1.165) is 31.5 Å². The number of likely N-dealkylation sites (N-methyl/N-ethyl adjacent to an activating group) is 1. The Balaban J connectivity index is 1.76. The Bertz CT molecular complexity index is 444. The van der Waals surface area contributed by atoms with Gasteiger partial charge in [0, 0.05) is 13.6 Å². The molecule has 0 aromatic heterocycles. The van der Waals surface area contributed by atoms with Gasteiger partial charge in [0.15, 0.2) is 0 Å². The van der Waals surface area contributed by atoms with E-state index in [2.05, 4.69) is 5.32 Å². The molecule has 20 heavy (non-hydrogen) atoms. The number of rotatable bonds is 5. The van der Waals surface area contributed by atoms with Crippen molar-refractivity contribution >= 4 is 5.91 Å². The molecule has 0 atom stereocenters. The summed E-state index contributed by atoms with van der Waals surface area (Å²) in [6.07, 6.45) is 2.11. The zero-order valence-corrected chi connectivity index (χ0v) is 11.8. The lowest BCUT2D eigenvalue weighted by Crippen LogP contribution is -2.36. The Kier molecular flexibility index (Phi) is 5.38. The molecule has 0 aliphatic carbocycles. The molecule has 1 aromatic carbocycles. The van der Waals surface area contributed by atoms with Crippen molar-refractivity contribution < 1.29 is 14.6 Å². The predicted octanol–water partition coefficient (Wildman–Crippen LogP) is 1.12. The van der Waals surface area contributed by atoms with Crippen LogP contribution >= 0.6 is 0 Å². The number of benzene rings is 1. The average molecular weight is 278 g/mol. The van der Waals surface area contributed by atoms with Gasteiger partial charge in [-0.2, -0.15) is 0 Å². The lowest BCUT2D eigenvalue weighted by molar-refractivity contribution is -0.137. The van der Waals surface area contributed by atoms with E-state index >= 15 is 0 Å². The highest BCUT2D eigenvalue weighted by atomic mass is 16.5. The third-order valence-corrected chi connectivity index (χ3v) is 3.48. The Hall–Kier alpha value is -1.59. The van der Waals surface area contributed by atoms with Gasteiger partial charge in [-0.05, 0) is 43.6 Å². The van der Waals surface area contributed by atoms with Gasteiger partial charge in [-0.3, -0.25) is 4.79 Å². The average Bonchev–Trinajstić information content (AvgIpc) is 2.46. The first-order valence-electron chi connectivity index (χ1n) is 6.99. The topological polar surface area (TPSA) is 61.8 Å². The van der Waals surface area contributed by atoms with Crippen molar-refractivity contribution in [1.82, 2.24) is 10.2 Å². The fourth-order valence-corrected chi connectivity index (χ4v) is 2.28. The van der Waals surface area contributed by atoms with Crippen LogP contribution in [0.25, 0.3) is 0 Å². The highest BCUT2D eigenvalue weighted by Gasteiger charge is 2.16. The third kappa shape index (κ3) is 4.51. The second-order valence-corrected chi connectivity index (χ2v) is 5.18. The van der Waals surface area contributed by atoms with Crippen LogP contribution in [-0.2, 0) is 16.1 Å². The molecule has 1 aromatic rings. The first-order valence-corrected chi connectivity index (χ1v) is 6.99. The van der Waals surface area contributed by atoms with Crippen LogP contribution in [0.3, 0.4) is 0 Å². The number of hydrogen-bond acceptors (Lipinski definition) is 4. The van der Waals surface area contributed by atoms with Gasteiger partial charge in [-0.1, -0.05) is 12.1 Å². The lowest BCUT2D eigenvalue weighted by Gasteiger charge is -2.24. The summed E-state index contributed by atoms with van der Waals surface area (Å²) in [7, 11) is 1.75. The number of ether oxygens (including phenoxy) is 1. The van der Waals surface area contributed by atoms with Gasteiger partial charge >= 0.3 is 0 Å². The maximum atomic E-state index is 12.0. The van der Waals surface area contributed by atoms with Crippen molar-refractivity contribution in [2.75, 3.05) is 26.7 Å². The van der Waals surface area contributed by atoms with Crippen LogP contribution in [-0.4, -0.2) is 48.8 Å². The van der Waals surface area contributed by atoms with Gasteiger partial charge in [-0.15, -0.1) is 0 Å². The largest absolute Gasteiger partial charge is 0.508 e. The van der Waals surface area contributed by atoms with E-state index in [9.17, 15) is 9.90 Å². The van der Waals surface area contributed by atoms with E-state index in [0.29, 0.717) is 6.54 Å². The molecule has 0 radical (unpaired) electrons. The van der Waals surface area contributed by atoms with Gasteiger partial charge < -0.3 is 20.1 Å². The Morgan fingerprint density at radius 2 is 2.20 bits per heavy atom. The molecule has 2 rings (SSSR count). The van der Waals surface area contributed by atoms with Crippen LogP contribution in [0.15, 0.2) is 24.3 Å². The summed E-state index contributed by atoms with van der Waals surface area (Å²) in [5, 5.41) is 12.7. The maximum Gasteiger partial charge on any atom is 0.248 e. The van der Waals surface area contributed by atoms with Gasteiger partial charge in [-0.25, -0.2) is 0 Å². The van der Waals surface area contributed by atoms with Gasteiger partial charge in [0.1, 0.15) is 12.4 Å². The van der Waals surface area contributed by atoms with Gasteiger partial charge in [0.2, 0.25) is 5.91 Å². The van der Waals surface area contributed by atoms with E-state index in [1.54, 1.807) is 30.1 Å². The van der Waals surface area contributed by atoms with E-state index in [4.69, 9.17) is 4.74 Å². The van der Waals surface area contributed by atoms with Gasteiger partial charge in [0.05, 0.1) is 6.10 Å². The fourth-order valence-electron chi connectivity index (χ4n) is 2.28. The monoisotopic (exact) mass is 278 g/mol. The normalized spacial score (nSPS) is 16.1. The second kappa shape index (κ2) is 7.26. The summed E-state index contributed by atoms with van der Waals surface area (Å²) >= 11 is 0. The molecule has 0 bridgehead atoms. The molecule has 5 nitrogen and oxygen atoms in total. The molecular weight excluding hydrogens is 256 g/mol. The van der Waals surface area contributed by atoms with Crippen LogP contribution in [0.1, 0.15) is 18.4 Å². The number of phenolic OH excluding ortho intramolecular Hbond substituents is 1. The van der Waals surface area contributed by atoms with Crippen molar-refractivity contribution in [2.24, 2.45) is 0 Å². The molecule has 110 valence electrons. The highest BCUT2D eigenvalue weighted by molar-refractivity contribution is 5.77. The summed E-state index contributed by atoms with van der Waals surface area (Å²) in [6, 6.07) is 6.94. The number of carbonyl (C=O) groups excluding carboxylic acids is 1. The third-order valence-electron chi connectivity index (χ3n) is 3.48. The molecule has 1 saturated heterocycles. The number of hydrogen-bond donors (Lipinski definition) is 2.